The third kappa shape index (κ3) is 2.64. The van der Waals surface area contributed by atoms with Crippen molar-refractivity contribution in [2.45, 2.75) is 26.3 Å². The van der Waals surface area contributed by atoms with E-state index >= 15 is 0 Å². The Morgan fingerprint density at radius 1 is 1.41 bits per heavy atom. The first-order chi connectivity index (χ1) is 10.6. The first kappa shape index (κ1) is 14.8. The van der Waals surface area contributed by atoms with E-state index in [9.17, 15) is 4.79 Å². The number of rotatable bonds is 3. The van der Waals surface area contributed by atoms with Crippen molar-refractivity contribution in [1.29, 1.82) is 0 Å². The van der Waals surface area contributed by atoms with Crippen LogP contribution in [0.2, 0.25) is 0 Å². The second-order valence-electron chi connectivity index (χ2n) is 5.93. The van der Waals surface area contributed by atoms with E-state index in [0.29, 0.717) is 36.4 Å². The van der Waals surface area contributed by atoms with Gasteiger partial charge in [-0.3, -0.25) is 4.79 Å². The molecule has 0 saturated carbocycles. The molecule has 22 heavy (non-hydrogen) atoms. The van der Waals surface area contributed by atoms with Crippen LogP contribution in [0.5, 0.6) is 0 Å². The van der Waals surface area contributed by atoms with Crippen LogP contribution in [0.3, 0.4) is 0 Å². The maximum Gasteiger partial charge on any atom is 0.276 e. The van der Waals surface area contributed by atoms with E-state index in [0.717, 1.165) is 12.0 Å². The van der Waals surface area contributed by atoms with Gasteiger partial charge < -0.3 is 15.1 Å². The molecular weight excluding hydrogens is 278 g/mol. The van der Waals surface area contributed by atoms with E-state index in [2.05, 4.69) is 11.9 Å². The van der Waals surface area contributed by atoms with Gasteiger partial charge in [-0.2, -0.15) is 0 Å². The highest BCUT2D eigenvalue weighted by Crippen LogP contribution is 2.27. The molecule has 5 nitrogen and oxygen atoms in total. The zero-order valence-electron chi connectivity index (χ0n) is 13.0. The SMILES string of the molecule is Cc1oc(-c2ccccc2)nc1C(=O)N1CC(CN)CC1C. The highest BCUT2D eigenvalue weighted by molar-refractivity contribution is 5.94. The molecule has 2 N–H and O–H groups in total. The fourth-order valence-corrected chi connectivity index (χ4v) is 3.03. The molecule has 1 amide bonds. The molecule has 1 aliphatic heterocycles. The Balaban J connectivity index is 1.86. The smallest absolute Gasteiger partial charge is 0.276 e. The number of benzene rings is 1. The van der Waals surface area contributed by atoms with Gasteiger partial charge >= 0.3 is 0 Å². The fourth-order valence-electron chi connectivity index (χ4n) is 3.03. The molecule has 1 fully saturated rings. The molecule has 2 aromatic rings. The van der Waals surface area contributed by atoms with Crippen LogP contribution in [0.4, 0.5) is 0 Å². The summed E-state index contributed by atoms with van der Waals surface area (Å²) in [6, 6.07) is 9.81. The van der Waals surface area contributed by atoms with Crippen LogP contribution < -0.4 is 5.73 Å². The lowest BCUT2D eigenvalue weighted by Gasteiger charge is -2.20. The summed E-state index contributed by atoms with van der Waals surface area (Å²) in [5, 5.41) is 0. The zero-order chi connectivity index (χ0) is 15.7. The molecule has 0 radical (unpaired) electrons. The van der Waals surface area contributed by atoms with Crippen molar-refractivity contribution >= 4 is 5.91 Å². The minimum Gasteiger partial charge on any atom is -0.441 e. The molecular formula is C17H21N3O2. The van der Waals surface area contributed by atoms with Crippen molar-refractivity contribution in [3.8, 4) is 11.5 Å². The van der Waals surface area contributed by atoms with Gasteiger partial charge in [-0.25, -0.2) is 4.98 Å². The molecule has 2 unspecified atom stereocenters. The van der Waals surface area contributed by atoms with Crippen molar-refractivity contribution in [1.82, 2.24) is 9.88 Å². The molecule has 1 saturated heterocycles. The van der Waals surface area contributed by atoms with Crippen LogP contribution in [-0.2, 0) is 0 Å². The summed E-state index contributed by atoms with van der Waals surface area (Å²) in [6.07, 6.45) is 0.949. The normalized spacial score (nSPS) is 21.3. The number of carbonyl (C=O) groups is 1. The minimum atomic E-state index is -0.0631. The molecule has 1 aromatic carbocycles. The number of nitrogens with zero attached hydrogens (tertiary/aromatic N) is 2. The van der Waals surface area contributed by atoms with Gasteiger partial charge in [-0.15, -0.1) is 0 Å². The number of likely N-dealkylation sites (tertiary alicyclic amines) is 1. The molecule has 3 rings (SSSR count). The first-order valence-electron chi connectivity index (χ1n) is 7.64. The molecule has 0 spiro atoms. The number of carbonyl (C=O) groups excluding carboxylic acids is 1. The molecule has 2 atom stereocenters. The summed E-state index contributed by atoms with van der Waals surface area (Å²) in [5.74, 6) is 1.36. The monoisotopic (exact) mass is 299 g/mol. The number of hydrogen-bond donors (Lipinski definition) is 1. The molecule has 1 aliphatic rings. The Labute approximate surface area is 130 Å². The third-order valence-corrected chi connectivity index (χ3v) is 4.28. The van der Waals surface area contributed by atoms with Crippen molar-refractivity contribution in [3.05, 3.63) is 41.8 Å². The topological polar surface area (TPSA) is 72.4 Å². The molecule has 0 aliphatic carbocycles. The van der Waals surface area contributed by atoms with Crippen LogP contribution in [0.25, 0.3) is 11.5 Å². The Kier molecular flexibility index (Phi) is 3.98. The van der Waals surface area contributed by atoms with Crippen molar-refractivity contribution in [3.63, 3.8) is 0 Å². The first-order valence-corrected chi connectivity index (χ1v) is 7.64. The highest BCUT2D eigenvalue weighted by Gasteiger charge is 2.34. The number of hydrogen-bond acceptors (Lipinski definition) is 4. The molecule has 5 heteroatoms. The molecule has 2 heterocycles. The molecule has 1 aromatic heterocycles. The quantitative estimate of drug-likeness (QED) is 0.945. The second-order valence-corrected chi connectivity index (χ2v) is 5.93. The summed E-state index contributed by atoms with van der Waals surface area (Å²) in [7, 11) is 0. The predicted octanol–water partition coefficient (Wildman–Crippen LogP) is 2.46. The summed E-state index contributed by atoms with van der Waals surface area (Å²) >= 11 is 0. The summed E-state index contributed by atoms with van der Waals surface area (Å²) in [4.78, 5) is 19.0. The lowest BCUT2D eigenvalue weighted by molar-refractivity contribution is 0.0736. The second kappa shape index (κ2) is 5.93. The van der Waals surface area contributed by atoms with E-state index in [1.165, 1.54) is 0 Å². The van der Waals surface area contributed by atoms with Gasteiger partial charge in [0.15, 0.2) is 5.69 Å². The number of aryl methyl sites for hydroxylation is 1. The van der Waals surface area contributed by atoms with Gasteiger partial charge in [0.25, 0.3) is 5.91 Å². The van der Waals surface area contributed by atoms with Crippen molar-refractivity contribution in [2.75, 3.05) is 13.1 Å². The van der Waals surface area contributed by atoms with E-state index in [1.807, 2.05) is 35.2 Å². The van der Waals surface area contributed by atoms with Gasteiger partial charge in [0, 0.05) is 18.2 Å². The van der Waals surface area contributed by atoms with Gasteiger partial charge in [-0.1, -0.05) is 18.2 Å². The van der Waals surface area contributed by atoms with Crippen LogP contribution in [-0.4, -0.2) is 34.9 Å². The van der Waals surface area contributed by atoms with Crippen LogP contribution in [0.15, 0.2) is 34.7 Å². The maximum absolute atomic E-state index is 12.7. The maximum atomic E-state index is 12.7. The molecule has 116 valence electrons. The predicted molar refractivity (Wildman–Crippen MR) is 84.3 cm³/mol. The average Bonchev–Trinajstić information content (AvgIpc) is 3.10. The Morgan fingerprint density at radius 3 is 2.77 bits per heavy atom. The van der Waals surface area contributed by atoms with Gasteiger partial charge in [0.2, 0.25) is 5.89 Å². The number of nitrogens with two attached hydrogens (primary N) is 1. The summed E-state index contributed by atoms with van der Waals surface area (Å²) in [6.45, 7) is 5.15. The van der Waals surface area contributed by atoms with E-state index in [-0.39, 0.29) is 11.9 Å². The fraction of sp³-hybridized carbons (Fsp3) is 0.412. The zero-order valence-corrected chi connectivity index (χ0v) is 13.0. The van der Waals surface area contributed by atoms with Gasteiger partial charge in [0.05, 0.1) is 0 Å². The van der Waals surface area contributed by atoms with Crippen molar-refractivity contribution in [2.24, 2.45) is 11.7 Å². The van der Waals surface area contributed by atoms with E-state index in [1.54, 1.807) is 6.92 Å². The standard InChI is InChI=1S/C17H21N3O2/c1-11-8-13(9-18)10-20(11)17(21)15-12(2)22-16(19-15)14-6-4-3-5-7-14/h3-7,11,13H,8-10,18H2,1-2H3. The van der Waals surface area contributed by atoms with Crippen LogP contribution >= 0.6 is 0 Å². The van der Waals surface area contributed by atoms with Crippen LogP contribution in [0, 0.1) is 12.8 Å². The number of aromatic nitrogens is 1. The van der Waals surface area contributed by atoms with Crippen molar-refractivity contribution < 1.29 is 9.21 Å². The van der Waals surface area contributed by atoms with Crippen LogP contribution in [0.1, 0.15) is 29.6 Å². The Hall–Kier alpha value is -2.14. The largest absolute Gasteiger partial charge is 0.441 e. The minimum absolute atomic E-state index is 0.0631. The number of amides is 1. The lowest BCUT2D eigenvalue weighted by Crippen LogP contribution is -2.35. The Morgan fingerprint density at radius 2 is 2.14 bits per heavy atom. The van der Waals surface area contributed by atoms with E-state index < -0.39 is 0 Å². The lowest BCUT2D eigenvalue weighted by atomic mass is 10.1. The summed E-state index contributed by atoms with van der Waals surface area (Å²) in [5.41, 5.74) is 7.01. The highest BCUT2D eigenvalue weighted by atomic mass is 16.4. The van der Waals surface area contributed by atoms with Gasteiger partial charge in [-0.05, 0) is 44.9 Å². The van der Waals surface area contributed by atoms with Gasteiger partial charge in [0.1, 0.15) is 5.76 Å². The molecule has 0 bridgehead atoms. The summed E-state index contributed by atoms with van der Waals surface area (Å²) < 4.78 is 5.69. The van der Waals surface area contributed by atoms with E-state index in [4.69, 9.17) is 10.2 Å². The number of oxazole rings is 1. The Bertz CT molecular complexity index is 666. The third-order valence-electron chi connectivity index (χ3n) is 4.28. The average molecular weight is 299 g/mol.